The fraction of sp³-hybridized carbons (Fsp3) is 0.714. The summed E-state index contributed by atoms with van der Waals surface area (Å²) in [7, 11) is 2.13. The summed E-state index contributed by atoms with van der Waals surface area (Å²) in [5.74, 6) is 0. The van der Waals surface area contributed by atoms with E-state index in [2.05, 4.69) is 27.8 Å². The third-order valence-corrected chi connectivity index (χ3v) is 2.04. The Morgan fingerprint density at radius 1 is 1.70 bits per heavy atom. The summed E-state index contributed by atoms with van der Waals surface area (Å²) in [4.78, 5) is 2.28. The molecule has 0 amide bonds. The van der Waals surface area contributed by atoms with Gasteiger partial charge in [0.1, 0.15) is 6.54 Å². The number of hydrogen-bond donors (Lipinski definition) is 0. The average Bonchev–Trinajstić information content (AvgIpc) is 2.33. The quantitative estimate of drug-likeness (QED) is 0.449. The number of rotatable bonds is 0. The highest BCUT2D eigenvalue weighted by atomic mass is 15.4. The average molecular weight is 138 g/mol. The van der Waals surface area contributed by atoms with Crippen LogP contribution in [0.4, 0.5) is 0 Å². The highest BCUT2D eigenvalue weighted by Crippen LogP contribution is 2.15. The second-order valence-corrected chi connectivity index (χ2v) is 2.89. The molecule has 2 rings (SSSR count). The Labute approximate surface area is 60.6 Å². The predicted molar refractivity (Wildman–Crippen MR) is 37.8 cm³/mol. The number of fused-ring (bicyclic) bond motifs is 1. The molecule has 10 heavy (non-hydrogen) atoms. The fourth-order valence-corrected chi connectivity index (χ4v) is 1.41. The molecule has 0 atom stereocenters. The smallest absolute Gasteiger partial charge is 0.230 e. The molecule has 0 N–H and O–H groups in total. The van der Waals surface area contributed by atoms with E-state index in [0.29, 0.717) is 0 Å². The van der Waals surface area contributed by atoms with Crippen LogP contribution in [0.2, 0.25) is 0 Å². The van der Waals surface area contributed by atoms with Crippen LogP contribution in [0.3, 0.4) is 0 Å². The molecule has 2 aliphatic heterocycles. The van der Waals surface area contributed by atoms with Crippen LogP contribution in [-0.2, 0) is 0 Å². The maximum Gasteiger partial charge on any atom is 0.230 e. The van der Waals surface area contributed by atoms with Gasteiger partial charge in [0.05, 0.1) is 0 Å². The Kier molecular flexibility index (Phi) is 1.31. The standard InChI is InChI=1S/C7H12N3/c1-9-5-3-7-2-4-8-10(7)6-9/h2H,3-6H2,1H3/q+1. The van der Waals surface area contributed by atoms with Gasteiger partial charge in [-0.1, -0.05) is 4.70 Å². The van der Waals surface area contributed by atoms with Crippen molar-refractivity contribution in [2.75, 3.05) is 26.8 Å². The largest absolute Gasteiger partial charge is 0.248 e. The first-order chi connectivity index (χ1) is 4.86. The number of hydrogen-bond acceptors (Lipinski definition) is 2. The lowest BCUT2D eigenvalue weighted by Gasteiger charge is -2.17. The lowest BCUT2D eigenvalue weighted by atomic mass is 10.2. The maximum atomic E-state index is 4.31. The van der Waals surface area contributed by atoms with Gasteiger partial charge in [0, 0.05) is 19.0 Å². The Morgan fingerprint density at radius 3 is 3.50 bits per heavy atom. The second-order valence-electron chi connectivity index (χ2n) is 2.89. The van der Waals surface area contributed by atoms with Gasteiger partial charge in [-0.25, -0.2) is 4.90 Å². The van der Waals surface area contributed by atoms with Crippen molar-refractivity contribution < 1.29 is 4.70 Å². The summed E-state index contributed by atoms with van der Waals surface area (Å²) in [5, 5.41) is 4.31. The first kappa shape index (κ1) is 6.04. The van der Waals surface area contributed by atoms with E-state index < -0.39 is 0 Å². The summed E-state index contributed by atoms with van der Waals surface area (Å²) >= 11 is 0. The molecule has 0 radical (unpaired) electrons. The van der Waals surface area contributed by atoms with Crippen molar-refractivity contribution in [1.29, 1.82) is 0 Å². The minimum absolute atomic E-state index is 0.892. The van der Waals surface area contributed by atoms with Gasteiger partial charge in [-0.15, -0.1) is 0 Å². The van der Waals surface area contributed by atoms with Crippen molar-refractivity contribution in [2.45, 2.75) is 6.42 Å². The summed E-state index contributed by atoms with van der Waals surface area (Å²) in [6.07, 6.45) is 3.38. The van der Waals surface area contributed by atoms with E-state index in [1.54, 1.807) is 0 Å². The van der Waals surface area contributed by atoms with E-state index in [9.17, 15) is 0 Å². The van der Waals surface area contributed by atoms with Crippen LogP contribution in [0.25, 0.3) is 0 Å². The zero-order valence-electron chi connectivity index (χ0n) is 6.25. The van der Waals surface area contributed by atoms with Gasteiger partial charge in [0.25, 0.3) is 0 Å². The lowest BCUT2D eigenvalue weighted by Crippen LogP contribution is -2.33. The van der Waals surface area contributed by atoms with E-state index in [-0.39, 0.29) is 0 Å². The van der Waals surface area contributed by atoms with E-state index >= 15 is 0 Å². The first-order valence-electron chi connectivity index (χ1n) is 3.69. The SMILES string of the molecule is CN1CCC2=CCN=[N+]2C1. The third-order valence-electron chi connectivity index (χ3n) is 2.04. The Bertz CT molecular complexity index is 205. The monoisotopic (exact) mass is 138 g/mol. The molecule has 3 heteroatoms. The normalized spacial score (nSPS) is 25.7. The molecule has 0 saturated carbocycles. The van der Waals surface area contributed by atoms with Crippen molar-refractivity contribution in [3.05, 3.63) is 11.8 Å². The van der Waals surface area contributed by atoms with E-state index in [0.717, 1.165) is 13.2 Å². The lowest BCUT2D eigenvalue weighted by molar-refractivity contribution is -0.571. The Balaban J connectivity index is 2.17. The zero-order chi connectivity index (χ0) is 6.97. The topological polar surface area (TPSA) is 18.6 Å². The molecular weight excluding hydrogens is 126 g/mol. The van der Waals surface area contributed by atoms with Gasteiger partial charge in [-0.3, -0.25) is 0 Å². The third kappa shape index (κ3) is 0.865. The van der Waals surface area contributed by atoms with Crippen molar-refractivity contribution in [1.82, 2.24) is 4.90 Å². The van der Waals surface area contributed by atoms with E-state index in [1.807, 2.05) is 0 Å². The molecule has 0 unspecified atom stereocenters. The molecule has 0 aromatic rings. The molecule has 54 valence electrons. The van der Waals surface area contributed by atoms with Crippen LogP contribution in [0.15, 0.2) is 16.9 Å². The molecule has 1 fully saturated rings. The fourth-order valence-electron chi connectivity index (χ4n) is 1.41. The van der Waals surface area contributed by atoms with Gasteiger partial charge in [-0.05, 0) is 12.2 Å². The van der Waals surface area contributed by atoms with E-state index in [4.69, 9.17) is 0 Å². The van der Waals surface area contributed by atoms with Crippen molar-refractivity contribution in [2.24, 2.45) is 5.11 Å². The van der Waals surface area contributed by atoms with Crippen LogP contribution in [0.1, 0.15) is 6.42 Å². The molecule has 3 nitrogen and oxygen atoms in total. The van der Waals surface area contributed by atoms with Crippen LogP contribution in [-0.4, -0.2) is 36.4 Å². The molecule has 2 heterocycles. The molecule has 0 aromatic carbocycles. The van der Waals surface area contributed by atoms with Gasteiger partial charge in [-0.2, -0.15) is 0 Å². The number of nitrogens with zero attached hydrogens (tertiary/aromatic N) is 3. The van der Waals surface area contributed by atoms with Crippen molar-refractivity contribution in [3.63, 3.8) is 0 Å². The summed E-state index contributed by atoms with van der Waals surface area (Å²) in [6.45, 7) is 3.05. The zero-order valence-corrected chi connectivity index (χ0v) is 6.25. The molecule has 0 bridgehead atoms. The molecule has 0 spiro atoms. The number of azo groups is 2. The van der Waals surface area contributed by atoms with Gasteiger partial charge >= 0.3 is 0 Å². The van der Waals surface area contributed by atoms with Gasteiger partial charge in [0.2, 0.25) is 12.4 Å². The minimum atomic E-state index is 0.892. The highest BCUT2D eigenvalue weighted by molar-refractivity contribution is 4.97. The van der Waals surface area contributed by atoms with Crippen LogP contribution >= 0.6 is 0 Å². The second kappa shape index (κ2) is 2.16. The van der Waals surface area contributed by atoms with E-state index in [1.165, 1.54) is 18.7 Å². The maximum absolute atomic E-state index is 4.31. The molecule has 0 aliphatic carbocycles. The summed E-state index contributed by atoms with van der Waals surface area (Å²) in [5.41, 5.74) is 1.41. The highest BCUT2D eigenvalue weighted by Gasteiger charge is 2.26. The predicted octanol–water partition coefficient (Wildman–Crippen LogP) is 0.642. The van der Waals surface area contributed by atoms with Crippen LogP contribution < -0.4 is 0 Å². The Hall–Kier alpha value is -0.700. The van der Waals surface area contributed by atoms with Crippen molar-refractivity contribution in [3.8, 4) is 0 Å². The minimum Gasteiger partial charge on any atom is -0.248 e. The molecule has 2 aliphatic rings. The van der Waals surface area contributed by atoms with Crippen molar-refractivity contribution >= 4 is 0 Å². The van der Waals surface area contributed by atoms with Gasteiger partial charge in [0.15, 0.2) is 0 Å². The van der Waals surface area contributed by atoms with Gasteiger partial charge < -0.3 is 0 Å². The first-order valence-corrected chi connectivity index (χ1v) is 3.69. The summed E-state index contributed by atoms with van der Waals surface area (Å²) < 4.78 is 2.10. The molecule has 1 saturated heterocycles. The Morgan fingerprint density at radius 2 is 2.60 bits per heavy atom. The molecular formula is C7H12N3+. The summed E-state index contributed by atoms with van der Waals surface area (Å²) in [6, 6.07) is 0. The van der Waals surface area contributed by atoms with Crippen LogP contribution in [0.5, 0.6) is 0 Å². The molecule has 0 aromatic heterocycles. The van der Waals surface area contributed by atoms with Crippen LogP contribution in [0, 0.1) is 0 Å².